The van der Waals surface area contributed by atoms with Gasteiger partial charge in [-0.2, -0.15) is 5.10 Å². The molecule has 2 aliphatic rings. The van der Waals surface area contributed by atoms with E-state index in [0.717, 1.165) is 24.9 Å². The number of hydrogen-bond acceptors (Lipinski definition) is 4. The smallest absolute Gasteiger partial charge is 0.241 e. The number of carbonyl (C=O) groups excluding carboxylic acids is 1. The molecular formula is C20H27N5O. The Hall–Kier alpha value is -2.18. The lowest BCUT2D eigenvalue weighted by Crippen LogP contribution is -2.46. The summed E-state index contributed by atoms with van der Waals surface area (Å²) in [6, 6.07) is 10.6. The van der Waals surface area contributed by atoms with E-state index in [1.807, 2.05) is 47.2 Å². The van der Waals surface area contributed by atoms with Crippen molar-refractivity contribution in [3.8, 4) is 0 Å². The van der Waals surface area contributed by atoms with Crippen LogP contribution in [-0.2, 0) is 17.9 Å². The lowest BCUT2D eigenvalue weighted by molar-refractivity contribution is -0.133. The summed E-state index contributed by atoms with van der Waals surface area (Å²) >= 11 is 0. The molecule has 2 aromatic rings. The highest BCUT2D eigenvalue weighted by atomic mass is 16.2. The molecule has 1 aliphatic heterocycles. The van der Waals surface area contributed by atoms with E-state index in [9.17, 15) is 4.79 Å². The number of carbonyl (C=O) groups is 1. The maximum absolute atomic E-state index is 12.9. The molecule has 3 unspecified atom stereocenters. The van der Waals surface area contributed by atoms with Gasteiger partial charge in [-0.3, -0.25) is 14.9 Å². The lowest BCUT2D eigenvalue weighted by Gasteiger charge is -2.28. The van der Waals surface area contributed by atoms with Gasteiger partial charge in [-0.25, -0.2) is 5.43 Å². The van der Waals surface area contributed by atoms with Gasteiger partial charge in [0.2, 0.25) is 5.91 Å². The molecule has 6 heteroatoms. The number of fused-ring (bicyclic) bond motifs is 1. The van der Waals surface area contributed by atoms with Gasteiger partial charge >= 0.3 is 0 Å². The van der Waals surface area contributed by atoms with Crippen LogP contribution < -0.4 is 10.9 Å². The highest BCUT2D eigenvalue weighted by Gasteiger charge is 2.41. The normalized spacial score (nSPS) is 25.0. The second-order valence-electron chi connectivity index (χ2n) is 7.55. The first-order chi connectivity index (χ1) is 12.7. The van der Waals surface area contributed by atoms with Gasteiger partial charge in [0, 0.05) is 37.3 Å². The Kier molecular flexibility index (Phi) is 5.04. The molecule has 138 valence electrons. The summed E-state index contributed by atoms with van der Waals surface area (Å²) < 4.78 is 1.93. The molecule has 1 aromatic carbocycles. The first-order valence-electron chi connectivity index (χ1n) is 9.52. The van der Waals surface area contributed by atoms with Crippen molar-refractivity contribution in [3.05, 3.63) is 53.9 Å². The van der Waals surface area contributed by atoms with E-state index < -0.39 is 0 Å². The maximum Gasteiger partial charge on any atom is 0.241 e. The number of nitrogens with zero attached hydrogens (tertiary/aromatic N) is 3. The number of aromatic nitrogens is 2. The minimum absolute atomic E-state index is 0.107. The van der Waals surface area contributed by atoms with Crippen LogP contribution in [0.3, 0.4) is 0 Å². The zero-order valence-electron chi connectivity index (χ0n) is 15.3. The molecule has 0 radical (unpaired) electrons. The van der Waals surface area contributed by atoms with Crippen molar-refractivity contribution in [2.75, 3.05) is 7.05 Å². The van der Waals surface area contributed by atoms with Crippen LogP contribution >= 0.6 is 0 Å². The second-order valence-corrected chi connectivity index (χ2v) is 7.55. The Morgan fingerprint density at radius 2 is 2.00 bits per heavy atom. The number of nitrogens with one attached hydrogen (secondary N) is 2. The van der Waals surface area contributed by atoms with Gasteiger partial charge in [0.25, 0.3) is 0 Å². The van der Waals surface area contributed by atoms with Crippen LogP contribution in [0.1, 0.15) is 36.8 Å². The summed E-state index contributed by atoms with van der Waals surface area (Å²) in [7, 11) is 1.88. The molecule has 1 saturated heterocycles. The number of benzene rings is 1. The van der Waals surface area contributed by atoms with E-state index >= 15 is 0 Å². The predicted molar refractivity (Wildman–Crippen MR) is 100 cm³/mol. The Bertz CT molecular complexity index is 744. The monoisotopic (exact) mass is 353 g/mol. The molecule has 1 aromatic heterocycles. The third-order valence-electron chi connectivity index (χ3n) is 5.61. The van der Waals surface area contributed by atoms with Crippen molar-refractivity contribution in [1.82, 2.24) is 25.5 Å². The third kappa shape index (κ3) is 3.66. The van der Waals surface area contributed by atoms with Gasteiger partial charge in [0.05, 0.1) is 12.7 Å². The fraction of sp³-hybridized carbons (Fsp3) is 0.500. The molecule has 6 nitrogen and oxygen atoms in total. The van der Waals surface area contributed by atoms with Gasteiger partial charge < -0.3 is 4.90 Å². The summed E-state index contributed by atoms with van der Waals surface area (Å²) in [5.74, 6) is 0.585. The average molecular weight is 353 g/mol. The standard InChI is InChI=1S/C20H27N5O/c1-24(20(26)19-17-9-5-6-10-18(17)22-23-19)12-16-11-21-25(14-16)13-15-7-3-2-4-8-15/h2-4,7-8,11,14,17-19,22-23H,5-6,9-10,12-13H2,1H3. The number of rotatable bonds is 5. The topological polar surface area (TPSA) is 62.2 Å². The van der Waals surface area contributed by atoms with Crippen molar-refractivity contribution in [1.29, 1.82) is 0 Å². The van der Waals surface area contributed by atoms with Crippen LogP contribution in [0.2, 0.25) is 0 Å². The van der Waals surface area contributed by atoms with Gasteiger partial charge in [-0.1, -0.05) is 43.2 Å². The molecule has 26 heavy (non-hydrogen) atoms. The van der Waals surface area contributed by atoms with Gasteiger partial charge in [-0.05, 0) is 18.4 Å². The van der Waals surface area contributed by atoms with E-state index in [1.54, 1.807) is 0 Å². The lowest BCUT2D eigenvalue weighted by atomic mass is 9.81. The number of amides is 1. The zero-order valence-corrected chi connectivity index (χ0v) is 15.3. The summed E-state index contributed by atoms with van der Waals surface area (Å²) in [6.07, 6.45) is 8.66. The highest BCUT2D eigenvalue weighted by molar-refractivity contribution is 5.82. The third-order valence-corrected chi connectivity index (χ3v) is 5.61. The summed E-state index contributed by atoms with van der Waals surface area (Å²) in [5, 5.41) is 4.44. The van der Waals surface area contributed by atoms with Crippen molar-refractivity contribution < 1.29 is 4.79 Å². The minimum atomic E-state index is -0.107. The average Bonchev–Trinajstić information content (AvgIpc) is 3.29. The first kappa shape index (κ1) is 17.2. The fourth-order valence-corrected chi connectivity index (χ4v) is 4.22. The molecule has 2 N–H and O–H groups in total. The minimum Gasteiger partial charge on any atom is -0.340 e. The van der Waals surface area contributed by atoms with Crippen LogP contribution in [0.4, 0.5) is 0 Å². The first-order valence-corrected chi connectivity index (χ1v) is 9.52. The van der Waals surface area contributed by atoms with Crippen molar-refractivity contribution in [2.45, 2.75) is 50.9 Å². The van der Waals surface area contributed by atoms with Crippen molar-refractivity contribution >= 4 is 5.91 Å². The number of likely N-dealkylation sites (N-methyl/N-ethyl adjacent to an activating group) is 1. The molecule has 4 rings (SSSR count). The molecule has 2 fully saturated rings. The van der Waals surface area contributed by atoms with Crippen LogP contribution in [0, 0.1) is 5.92 Å². The fourth-order valence-electron chi connectivity index (χ4n) is 4.22. The Morgan fingerprint density at radius 3 is 2.85 bits per heavy atom. The molecule has 1 saturated carbocycles. The van der Waals surface area contributed by atoms with E-state index in [0.29, 0.717) is 18.5 Å². The summed E-state index contributed by atoms with van der Waals surface area (Å²) in [5.41, 5.74) is 8.84. The SMILES string of the molecule is CN(Cc1cnn(Cc2ccccc2)c1)C(=O)C1NNC2CCCCC21. The summed E-state index contributed by atoms with van der Waals surface area (Å²) in [4.78, 5) is 14.7. The highest BCUT2D eigenvalue weighted by Crippen LogP contribution is 2.30. The van der Waals surface area contributed by atoms with E-state index in [1.165, 1.54) is 18.4 Å². The van der Waals surface area contributed by atoms with Gasteiger partial charge in [-0.15, -0.1) is 0 Å². The zero-order chi connectivity index (χ0) is 17.9. The van der Waals surface area contributed by atoms with Crippen molar-refractivity contribution in [3.63, 3.8) is 0 Å². The van der Waals surface area contributed by atoms with Crippen molar-refractivity contribution in [2.24, 2.45) is 5.92 Å². The summed E-state index contributed by atoms with van der Waals surface area (Å²) in [6.45, 7) is 1.33. The Labute approximate surface area is 154 Å². The molecule has 1 amide bonds. The second kappa shape index (κ2) is 7.60. The van der Waals surface area contributed by atoms with Gasteiger partial charge in [0.15, 0.2) is 0 Å². The molecule has 2 heterocycles. The van der Waals surface area contributed by atoms with Gasteiger partial charge in [0.1, 0.15) is 6.04 Å². The molecule has 1 aliphatic carbocycles. The van der Waals surface area contributed by atoms with E-state index in [4.69, 9.17) is 0 Å². The quantitative estimate of drug-likeness (QED) is 0.862. The van der Waals surface area contributed by atoms with E-state index in [2.05, 4.69) is 28.1 Å². The van der Waals surface area contributed by atoms with Crippen LogP contribution in [-0.4, -0.2) is 39.7 Å². The number of hydrazine groups is 1. The maximum atomic E-state index is 12.9. The number of hydrogen-bond donors (Lipinski definition) is 2. The Morgan fingerprint density at radius 1 is 1.19 bits per heavy atom. The van der Waals surface area contributed by atoms with Crippen LogP contribution in [0.15, 0.2) is 42.7 Å². The predicted octanol–water partition coefficient (Wildman–Crippen LogP) is 1.92. The van der Waals surface area contributed by atoms with E-state index in [-0.39, 0.29) is 11.9 Å². The Balaban J connectivity index is 1.36. The molecule has 0 spiro atoms. The van der Waals surface area contributed by atoms with Crippen LogP contribution in [0.25, 0.3) is 0 Å². The largest absolute Gasteiger partial charge is 0.340 e. The molecule has 3 atom stereocenters. The molecule has 0 bridgehead atoms. The molecular weight excluding hydrogens is 326 g/mol. The van der Waals surface area contributed by atoms with Crippen LogP contribution in [0.5, 0.6) is 0 Å².